The molecule has 0 radical (unpaired) electrons. The molecule has 1 aromatic carbocycles. The summed E-state index contributed by atoms with van der Waals surface area (Å²) in [5.41, 5.74) is 2.57. The average molecular weight is 427 g/mol. The van der Waals surface area contributed by atoms with Crippen molar-refractivity contribution in [3.63, 3.8) is 0 Å². The molecule has 2 heterocycles. The Morgan fingerprint density at radius 2 is 1.84 bits per heavy atom. The van der Waals surface area contributed by atoms with Gasteiger partial charge < -0.3 is 14.1 Å². The van der Waals surface area contributed by atoms with E-state index in [4.69, 9.17) is 9.15 Å². The minimum absolute atomic E-state index is 0.108. The summed E-state index contributed by atoms with van der Waals surface area (Å²) in [6.07, 6.45) is 1.27. The zero-order valence-electron chi connectivity index (χ0n) is 19.1. The Morgan fingerprint density at radius 3 is 2.48 bits per heavy atom. The van der Waals surface area contributed by atoms with E-state index in [0.29, 0.717) is 50.9 Å². The molecule has 6 nitrogen and oxygen atoms in total. The number of carbonyl (C=O) groups excluding carboxylic acids is 2. The van der Waals surface area contributed by atoms with E-state index in [1.807, 2.05) is 13.0 Å². The van der Waals surface area contributed by atoms with Crippen molar-refractivity contribution in [2.24, 2.45) is 5.92 Å². The quantitative estimate of drug-likeness (QED) is 0.585. The Morgan fingerprint density at radius 1 is 1.13 bits per heavy atom. The van der Waals surface area contributed by atoms with Crippen molar-refractivity contribution in [3.05, 3.63) is 59.0 Å². The largest absolute Gasteiger partial charge is 0.466 e. The van der Waals surface area contributed by atoms with Crippen LogP contribution in [0.15, 0.2) is 40.8 Å². The summed E-state index contributed by atoms with van der Waals surface area (Å²) in [5, 5.41) is 0. The van der Waals surface area contributed by atoms with E-state index in [0.717, 1.165) is 12.3 Å². The lowest BCUT2D eigenvalue weighted by atomic mass is 9.97. The summed E-state index contributed by atoms with van der Waals surface area (Å²) in [6.45, 7) is 11.2. The van der Waals surface area contributed by atoms with Crippen molar-refractivity contribution in [3.8, 4) is 0 Å². The molecule has 31 heavy (non-hydrogen) atoms. The predicted octanol–water partition coefficient (Wildman–Crippen LogP) is 4.41. The van der Waals surface area contributed by atoms with Gasteiger partial charge in [-0.15, -0.1) is 0 Å². The van der Waals surface area contributed by atoms with Gasteiger partial charge in [0, 0.05) is 25.7 Å². The van der Waals surface area contributed by atoms with Gasteiger partial charge in [-0.25, -0.2) is 0 Å². The number of likely N-dealkylation sites (tertiary alicyclic amines) is 1. The van der Waals surface area contributed by atoms with Crippen LogP contribution >= 0.6 is 0 Å². The molecular weight excluding hydrogens is 392 g/mol. The molecule has 0 aliphatic carbocycles. The van der Waals surface area contributed by atoms with E-state index in [-0.39, 0.29) is 17.8 Å². The Labute approximate surface area is 185 Å². The molecule has 3 rings (SSSR count). The second-order valence-corrected chi connectivity index (χ2v) is 8.51. The van der Waals surface area contributed by atoms with Gasteiger partial charge in [-0.2, -0.15) is 0 Å². The number of rotatable bonds is 8. The van der Waals surface area contributed by atoms with Crippen LogP contribution in [0, 0.1) is 12.8 Å². The van der Waals surface area contributed by atoms with Gasteiger partial charge in [0.2, 0.25) is 0 Å². The number of carbonyl (C=O) groups is 2. The third kappa shape index (κ3) is 5.97. The highest BCUT2D eigenvalue weighted by atomic mass is 16.5. The van der Waals surface area contributed by atoms with Crippen molar-refractivity contribution < 1.29 is 18.7 Å². The van der Waals surface area contributed by atoms with Gasteiger partial charge in [-0.1, -0.05) is 24.3 Å². The van der Waals surface area contributed by atoms with Crippen LogP contribution in [0.4, 0.5) is 0 Å². The molecule has 0 unspecified atom stereocenters. The van der Waals surface area contributed by atoms with Gasteiger partial charge in [0.25, 0.3) is 5.91 Å². The second kappa shape index (κ2) is 10.6. The number of amides is 1. The van der Waals surface area contributed by atoms with E-state index < -0.39 is 0 Å². The molecule has 2 aromatic rings. The highest BCUT2D eigenvalue weighted by Crippen LogP contribution is 2.22. The Bertz CT molecular complexity index is 881. The number of esters is 1. The molecule has 1 aliphatic heterocycles. The second-order valence-electron chi connectivity index (χ2n) is 8.51. The molecule has 0 atom stereocenters. The Kier molecular flexibility index (Phi) is 7.91. The summed E-state index contributed by atoms with van der Waals surface area (Å²) in [5.74, 6) is 0.773. The number of furan rings is 1. The van der Waals surface area contributed by atoms with Gasteiger partial charge in [-0.3, -0.25) is 14.5 Å². The van der Waals surface area contributed by atoms with Crippen molar-refractivity contribution in [2.75, 3.05) is 19.7 Å². The van der Waals surface area contributed by atoms with Crippen LogP contribution < -0.4 is 0 Å². The lowest BCUT2D eigenvalue weighted by Gasteiger charge is -2.30. The first-order valence-electron chi connectivity index (χ1n) is 11.2. The summed E-state index contributed by atoms with van der Waals surface area (Å²) in [6, 6.07) is 12.4. The van der Waals surface area contributed by atoms with Crippen molar-refractivity contribution in [1.82, 2.24) is 9.80 Å². The molecule has 1 amide bonds. The van der Waals surface area contributed by atoms with Crippen molar-refractivity contribution >= 4 is 11.9 Å². The van der Waals surface area contributed by atoms with Gasteiger partial charge in [0.1, 0.15) is 5.76 Å². The first-order valence-corrected chi connectivity index (χ1v) is 11.2. The van der Waals surface area contributed by atoms with Crippen molar-refractivity contribution in [2.45, 2.75) is 59.7 Å². The minimum Gasteiger partial charge on any atom is -0.466 e. The third-order valence-electron chi connectivity index (χ3n) is 6.00. The van der Waals surface area contributed by atoms with Gasteiger partial charge in [0.15, 0.2) is 5.76 Å². The fraction of sp³-hybridized carbons (Fsp3) is 0.520. The normalized spacial score (nSPS) is 15.0. The van der Waals surface area contributed by atoms with Crippen LogP contribution in [0.25, 0.3) is 0 Å². The molecule has 1 aromatic heterocycles. The molecule has 0 bridgehead atoms. The summed E-state index contributed by atoms with van der Waals surface area (Å²) >= 11 is 0. The molecule has 0 N–H and O–H groups in total. The first kappa shape index (κ1) is 23.1. The van der Waals surface area contributed by atoms with Crippen LogP contribution in [-0.2, 0) is 22.6 Å². The Balaban J connectivity index is 1.59. The number of nitrogens with zero attached hydrogens (tertiary/aromatic N) is 2. The average Bonchev–Trinajstić information content (AvgIpc) is 3.23. The highest BCUT2D eigenvalue weighted by molar-refractivity contribution is 5.91. The SMILES string of the molecule is CCOC(=O)C1CCN(C(=O)c2ccc(CN(Cc3ccccc3C)C(C)C)o2)CC1. The lowest BCUT2D eigenvalue weighted by Crippen LogP contribution is -2.40. The molecule has 1 aliphatic rings. The number of piperidine rings is 1. The molecular formula is C25H34N2O4. The minimum atomic E-state index is -0.155. The smallest absolute Gasteiger partial charge is 0.309 e. The van der Waals surface area contributed by atoms with Gasteiger partial charge in [-0.05, 0) is 63.8 Å². The third-order valence-corrected chi connectivity index (χ3v) is 6.00. The molecule has 168 valence electrons. The molecule has 1 saturated heterocycles. The van der Waals surface area contributed by atoms with Crippen molar-refractivity contribution in [1.29, 1.82) is 0 Å². The number of hydrogen-bond acceptors (Lipinski definition) is 5. The van der Waals surface area contributed by atoms with E-state index in [1.165, 1.54) is 11.1 Å². The van der Waals surface area contributed by atoms with E-state index in [9.17, 15) is 9.59 Å². The number of benzene rings is 1. The zero-order valence-corrected chi connectivity index (χ0v) is 19.1. The molecule has 0 saturated carbocycles. The van der Waals surface area contributed by atoms with Gasteiger partial charge in [0.05, 0.1) is 19.1 Å². The molecule has 1 fully saturated rings. The zero-order chi connectivity index (χ0) is 22.4. The lowest BCUT2D eigenvalue weighted by molar-refractivity contribution is -0.149. The summed E-state index contributed by atoms with van der Waals surface area (Å²) in [7, 11) is 0. The summed E-state index contributed by atoms with van der Waals surface area (Å²) in [4.78, 5) is 28.9. The maximum atomic E-state index is 12.9. The number of ether oxygens (including phenoxy) is 1. The fourth-order valence-corrected chi connectivity index (χ4v) is 3.94. The van der Waals surface area contributed by atoms with Gasteiger partial charge >= 0.3 is 5.97 Å². The monoisotopic (exact) mass is 426 g/mol. The maximum Gasteiger partial charge on any atom is 0.309 e. The Hall–Kier alpha value is -2.60. The molecule has 0 spiro atoms. The van der Waals surface area contributed by atoms with Crippen LogP contribution in [0.2, 0.25) is 0 Å². The fourth-order valence-electron chi connectivity index (χ4n) is 3.94. The van der Waals surface area contributed by atoms with Crippen LogP contribution in [0.3, 0.4) is 0 Å². The van der Waals surface area contributed by atoms with E-state index in [1.54, 1.807) is 11.0 Å². The van der Waals surface area contributed by atoms with Crippen LogP contribution in [0.5, 0.6) is 0 Å². The summed E-state index contributed by atoms with van der Waals surface area (Å²) < 4.78 is 11.0. The van der Waals surface area contributed by atoms with Crippen LogP contribution in [0.1, 0.15) is 61.1 Å². The topological polar surface area (TPSA) is 63.0 Å². The maximum absolute atomic E-state index is 12.9. The standard InChI is InChI=1S/C25H34N2O4/c1-5-30-25(29)20-12-14-26(15-13-20)24(28)23-11-10-22(31-23)17-27(18(2)3)16-21-9-7-6-8-19(21)4/h6-11,18,20H,5,12-17H2,1-4H3. The number of aryl methyl sites for hydroxylation is 1. The van der Waals surface area contributed by atoms with Crippen LogP contribution in [-0.4, -0.2) is 47.4 Å². The first-order chi connectivity index (χ1) is 14.9. The van der Waals surface area contributed by atoms with E-state index in [2.05, 4.69) is 49.9 Å². The predicted molar refractivity (Wildman–Crippen MR) is 120 cm³/mol. The molecule has 6 heteroatoms. The number of hydrogen-bond donors (Lipinski definition) is 0. The highest BCUT2D eigenvalue weighted by Gasteiger charge is 2.29. The van der Waals surface area contributed by atoms with E-state index >= 15 is 0 Å².